The molecule has 0 saturated heterocycles. The fourth-order valence-corrected chi connectivity index (χ4v) is 4.05. The molecular weight excluding hydrogens is 382 g/mol. The highest BCUT2D eigenvalue weighted by Crippen LogP contribution is 2.28. The molecule has 0 unspecified atom stereocenters. The monoisotopic (exact) mass is 413 g/mol. The molecule has 1 aliphatic rings. The van der Waals surface area contributed by atoms with Gasteiger partial charge in [-0.3, -0.25) is 19.1 Å². The van der Waals surface area contributed by atoms with Crippen molar-refractivity contribution in [3.05, 3.63) is 50.2 Å². The largest absolute Gasteiger partial charge is 0.383 e. The number of nitrogens with two attached hydrogens (primary N) is 1. The second kappa shape index (κ2) is 9.19. The van der Waals surface area contributed by atoms with E-state index in [4.69, 9.17) is 5.73 Å². The van der Waals surface area contributed by atoms with Crippen molar-refractivity contribution in [2.24, 2.45) is 0 Å². The van der Waals surface area contributed by atoms with Crippen LogP contribution in [0, 0.1) is 6.92 Å². The Morgan fingerprint density at radius 3 is 2.73 bits per heavy atom. The molecule has 0 saturated carbocycles. The lowest BCUT2D eigenvalue weighted by atomic mass is 9.99. The number of hydrogen-bond donors (Lipinski definition) is 2. The van der Waals surface area contributed by atoms with Crippen LogP contribution < -0.4 is 26.8 Å². The summed E-state index contributed by atoms with van der Waals surface area (Å²) < 4.78 is 1.34. The van der Waals surface area contributed by atoms with E-state index in [2.05, 4.69) is 28.9 Å². The van der Waals surface area contributed by atoms with E-state index in [0.29, 0.717) is 6.54 Å². The van der Waals surface area contributed by atoms with E-state index in [1.807, 2.05) is 13.0 Å². The zero-order valence-corrected chi connectivity index (χ0v) is 18.0. The van der Waals surface area contributed by atoms with Gasteiger partial charge in [-0.05, 0) is 44.7 Å². The Morgan fingerprint density at radius 1 is 1.27 bits per heavy atom. The van der Waals surface area contributed by atoms with Gasteiger partial charge in [0.2, 0.25) is 5.91 Å². The van der Waals surface area contributed by atoms with Crippen LogP contribution in [0.3, 0.4) is 0 Å². The molecule has 0 spiro atoms. The number of likely N-dealkylation sites (N-methyl/N-ethyl adjacent to an activating group) is 1. The lowest BCUT2D eigenvalue weighted by Crippen LogP contribution is -2.46. The molecule has 2 aromatic rings. The van der Waals surface area contributed by atoms with Gasteiger partial charge in [0.25, 0.3) is 5.56 Å². The number of aromatic amines is 1. The minimum Gasteiger partial charge on any atom is -0.383 e. The summed E-state index contributed by atoms with van der Waals surface area (Å²) in [6.07, 6.45) is 3.60. The van der Waals surface area contributed by atoms with Crippen molar-refractivity contribution >= 4 is 23.1 Å². The summed E-state index contributed by atoms with van der Waals surface area (Å²) in [5.41, 5.74) is 8.58. The SMILES string of the molecule is CCCCn1c(N)c(N(CC)C(=O)CN2CCCc3cc(C)ccc32)c(=O)[nH]c1=O. The minimum absolute atomic E-state index is 0.0436. The number of fused-ring (bicyclic) bond motifs is 1. The Morgan fingerprint density at radius 2 is 2.03 bits per heavy atom. The number of unbranched alkanes of at least 4 members (excludes halogenated alkanes) is 1. The van der Waals surface area contributed by atoms with Crippen molar-refractivity contribution in [3.8, 4) is 0 Å². The van der Waals surface area contributed by atoms with Crippen LogP contribution in [0.2, 0.25) is 0 Å². The molecule has 0 radical (unpaired) electrons. The molecule has 1 amide bonds. The normalized spacial score (nSPS) is 13.2. The Bertz CT molecular complexity index is 1040. The number of aromatic nitrogens is 2. The lowest BCUT2D eigenvalue weighted by molar-refractivity contribution is -0.117. The first kappa shape index (κ1) is 21.7. The number of carbonyl (C=O) groups is 1. The van der Waals surface area contributed by atoms with Gasteiger partial charge in [0.05, 0.1) is 6.54 Å². The standard InChI is InChI=1S/C22H31N5O3/c1-4-6-12-27-20(23)19(21(29)24-22(27)30)26(5-2)18(28)14-25-11-7-8-16-13-15(3)9-10-17(16)25/h9-10,13H,4-8,11-12,14,23H2,1-3H3,(H,24,29,30). The molecule has 3 N–H and O–H groups in total. The van der Waals surface area contributed by atoms with Gasteiger partial charge in [0.1, 0.15) is 5.82 Å². The molecule has 0 atom stereocenters. The molecule has 8 heteroatoms. The molecule has 0 bridgehead atoms. The van der Waals surface area contributed by atoms with Gasteiger partial charge >= 0.3 is 5.69 Å². The average Bonchev–Trinajstić information content (AvgIpc) is 2.70. The second-order valence-corrected chi connectivity index (χ2v) is 7.79. The fourth-order valence-electron chi connectivity index (χ4n) is 4.05. The number of nitrogen functional groups attached to an aromatic ring is 1. The summed E-state index contributed by atoms with van der Waals surface area (Å²) in [4.78, 5) is 43.7. The van der Waals surface area contributed by atoms with Crippen molar-refractivity contribution in [2.45, 2.75) is 53.0 Å². The minimum atomic E-state index is -0.630. The molecule has 2 heterocycles. The highest BCUT2D eigenvalue weighted by atomic mass is 16.2. The van der Waals surface area contributed by atoms with Crippen LogP contribution >= 0.6 is 0 Å². The van der Waals surface area contributed by atoms with E-state index in [1.54, 1.807) is 6.92 Å². The lowest BCUT2D eigenvalue weighted by Gasteiger charge is -2.33. The maximum Gasteiger partial charge on any atom is 0.330 e. The molecule has 3 rings (SSSR count). The van der Waals surface area contributed by atoms with Gasteiger partial charge in [-0.25, -0.2) is 4.79 Å². The maximum atomic E-state index is 13.2. The zero-order valence-electron chi connectivity index (χ0n) is 18.0. The number of amides is 1. The molecule has 1 aromatic heterocycles. The van der Waals surface area contributed by atoms with Gasteiger partial charge in [-0.2, -0.15) is 0 Å². The Labute approximate surface area is 176 Å². The average molecular weight is 414 g/mol. The number of carbonyl (C=O) groups excluding carboxylic acids is 1. The van der Waals surface area contributed by atoms with E-state index < -0.39 is 11.2 Å². The summed E-state index contributed by atoms with van der Waals surface area (Å²) in [5.74, 6) is -0.175. The van der Waals surface area contributed by atoms with Crippen molar-refractivity contribution in [3.63, 3.8) is 0 Å². The summed E-state index contributed by atoms with van der Waals surface area (Å²) in [7, 11) is 0. The third-order valence-corrected chi connectivity index (χ3v) is 5.61. The summed E-state index contributed by atoms with van der Waals surface area (Å²) in [5, 5.41) is 0. The third-order valence-electron chi connectivity index (χ3n) is 5.61. The number of hydrogen-bond acceptors (Lipinski definition) is 5. The maximum absolute atomic E-state index is 13.2. The molecule has 0 aliphatic carbocycles. The highest BCUT2D eigenvalue weighted by Gasteiger charge is 2.26. The Balaban J connectivity index is 1.91. The van der Waals surface area contributed by atoms with Crippen LogP contribution in [0.1, 0.15) is 44.2 Å². The Kier molecular flexibility index (Phi) is 6.64. The number of nitrogens with zero attached hydrogens (tertiary/aromatic N) is 3. The van der Waals surface area contributed by atoms with Crippen molar-refractivity contribution in [1.82, 2.24) is 9.55 Å². The van der Waals surface area contributed by atoms with E-state index in [0.717, 1.165) is 37.9 Å². The number of H-pyrrole nitrogens is 1. The number of anilines is 3. The van der Waals surface area contributed by atoms with Crippen LogP contribution in [0.15, 0.2) is 27.8 Å². The Hall–Kier alpha value is -3.03. The van der Waals surface area contributed by atoms with Crippen molar-refractivity contribution in [2.75, 3.05) is 35.2 Å². The molecule has 1 aliphatic heterocycles. The quantitative estimate of drug-likeness (QED) is 0.723. The second-order valence-electron chi connectivity index (χ2n) is 7.79. The van der Waals surface area contributed by atoms with E-state index >= 15 is 0 Å². The molecule has 162 valence electrons. The van der Waals surface area contributed by atoms with E-state index in [-0.39, 0.29) is 30.5 Å². The van der Waals surface area contributed by atoms with E-state index in [9.17, 15) is 14.4 Å². The molecule has 1 aromatic carbocycles. The van der Waals surface area contributed by atoms with Gasteiger partial charge in [-0.1, -0.05) is 31.0 Å². The smallest absolute Gasteiger partial charge is 0.330 e. The van der Waals surface area contributed by atoms with Crippen LogP contribution in [-0.4, -0.2) is 35.1 Å². The summed E-state index contributed by atoms with van der Waals surface area (Å²) >= 11 is 0. The number of rotatable bonds is 7. The summed E-state index contributed by atoms with van der Waals surface area (Å²) in [6, 6.07) is 6.26. The molecule has 30 heavy (non-hydrogen) atoms. The van der Waals surface area contributed by atoms with Gasteiger partial charge in [-0.15, -0.1) is 0 Å². The van der Waals surface area contributed by atoms with Crippen LogP contribution in [0.25, 0.3) is 0 Å². The van der Waals surface area contributed by atoms with Crippen molar-refractivity contribution < 1.29 is 4.79 Å². The fraction of sp³-hybridized carbons (Fsp3) is 0.500. The topological polar surface area (TPSA) is 104 Å². The number of benzene rings is 1. The summed E-state index contributed by atoms with van der Waals surface area (Å²) in [6.45, 7) is 7.48. The number of nitrogens with one attached hydrogen (secondary N) is 1. The zero-order chi connectivity index (χ0) is 21.8. The van der Waals surface area contributed by atoms with Crippen LogP contribution in [-0.2, 0) is 17.8 Å². The van der Waals surface area contributed by atoms with Crippen LogP contribution in [0.5, 0.6) is 0 Å². The van der Waals surface area contributed by atoms with Gasteiger partial charge in [0, 0.05) is 25.3 Å². The molecular formula is C22H31N5O3. The first-order valence-corrected chi connectivity index (χ1v) is 10.6. The first-order valence-electron chi connectivity index (χ1n) is 10.6. The highest BCUT2D eigenvalue weighted by molar-refractivity contribution is 5.98. The van der Waals surface area contributed by atoms with Gasteiger partial charge in [0.15, 0.2) is 5.69 Å². The number of aryl methyl sites for hydroxylation is 2. The predicted molar refractivity (Wildman–Crippen MR) is 120 cm³/mol. The predicted octanol–water partition coefficient (Wildman–Crippen LogP) is 2.03. The van der Waals surface area contributed by atoms with E-state index in [1.165, 1.54) is 20.6 Å². The van der Waals surface area contributed by atoms with Gasteiger partial charge < -0.3 is 15.5 Å². The third kappa shape index (κ3) is 4.27. The molecule has 8 nitrogen and oxygen atoms in total. The van der Waals surface area contributed by atoms with Crippen molar-refractivity contribution in [1.29, 1.82) is 0 Å². The van der Waals surface area contributed by atoms with Crippen LogP contribution in [0.4, 0.5) is 17.2 Å². The molecule has 0 fully saturated rings. The first-order chi connectivity index (χ1) is 14.4.